The van der Waals surface area contributed by atoms with Crippen LogP contribution in [0.15, 0.2) is 59.5 Å². The van der Waals surface area contributed by atoms with Crippen molar-refractivity contribution in [2.75, 3.05) is 26.2 Å². The highest BCUT2D eigenvalue weighted by Gasteiger charge is 2.36. The molecule has 1 aliphatic heterocycles. The maximum atomic E-state index is 13.0. The number of carbonyl (C=O) groups is 2. The second-order valence-corrected chi connectivity index (χ2v) is 7.50. The molecule has 0 unspecified atom stereocenters. The lowest BCUT2D eigenvalue weighted by Gasteiger charge is -2.14. The van der Waals surface area contributed by atoms with Crippen LogP contribution >= 0.6 is 11.8 Å². The maximum absolute atomic E-state index is 13.0. The molecule has 0 atom stereocenters. The molecule has 7 heteroatoms. The lowest BCUT2D eigenvalue weighted by atomic mass is 10.1. The summed E-state index contributed by atoms with van der Waals surface area (Å²) in [5.41, 5.74) is 1.21. The van der Waals surface area contributed by atoms with Crippen LogP contribution in [-0.2, 0) is 4.79 Å². The molecule has 3 aromatic carbocycles. The van der Waals surface area contributed by atoms with Crippen LogP contribution in [0.1, 0.15) is 5.56 Å². The van der Waals surface area contributed by atoms with E-state index in [0.717, 1.165) is 22.5 Å². The molecule has 1 saturated heterocycles. The number of ether oxygens (including phenoxy) is 3. The Balaban J connectivity index is 1.71. The number of hydrogen-bond donors (Lipinski definition) is 0. The number of nitrogens with zero attached hydrogens (tertiary/aromatic N) is 1. The summed E-state index contributed by atoms with van der Waals surface area (Å²) < 4.78 is 16.0. The zero-order valence-corrected chi connectivity index (χ0v) is 17.5. The number of amides is 2. The highest BCUT2D eigenvalue weighted by molar-refractivity contribution is 8.19. The summed E-state index contributed by atoms with van der Waals surface area (Å²) in [5.74, 6) is 1.03. The number of fused-ring (bicyclic) bond motifs is 1. The first kappa shape index (κ1) is 19.8. The number of anilines is 1. The van der Waals surface area contributed by atoms with Crippen molar-refractivity contribution in [3.63, 3.8) is 0 Å². The predicted molar refractivity (Wildman–Crippen MR) is 118 cm³/mol. The summed E-state index contributed by atoms with van der Waals surface area (Å²) in [7, 11) is 4.57. The lowest BCUT2D eigenvalue weighted by molar-refractivity contribution is -0.113. The van der Waals surface area contributed by atoms with E-state index in [-0.39, 0.29) is 11.1 Å². The fourth-order valence-corrected chi connectivity index (χ4v) is 4.18. The molecule has 30 heavy (non-hydrogen) atoms. The molecule has 0 saturated carbocycles. The Kier molecular flexibility index (Phi) is 5.37. The zero-order valence-electron chi connectivity index (χ0n) is 16.7. The van der Waals surface area contributed by atoms with E-state index in [4.69, 9.17) is 14.2 Å². The van der Waals surface area contributed by atoms with Crippen LogP contribution < -0.4 is 19.1 Å². The first-order chi connectivity index (χ1) is 14.5. The van der Waals surface area contributed by atoms with Crippen LogP contribution in [0, 0.1) is 0 Å². The van der Waals surface area contributed by atoms with Gasteiger partial charge in [0, 0.05) is 0 Å². The molecule has 6 nitrogen and oxygen atoms in total. The van der Waals surface area contributed by atoms with Crippen molar-refractivity contribution >= 4 is 45.4 Å². The monoisotopic (exact) mass is 421 g/mol. The molecule has 1 aliphatic rings. The highest BCUT2D eigenvalue weighted by Crippen LogP contribution is 2.41. The van der Waals surface area contributed by atoms with Gasteiger partial charge in [-0.2, -0.15) is 0 Å². The Morgan fingerprint density at radius 1 is 0.833 bits per heavy atom. The average Bonchev–Trinajstić information content (AvgIpc) is 3.05. The Morgan fingerprint density at radius 3 is 2.13 bits per heavy atom. The minimum atomic E-state index is -0.367. The second-order valence-electron chi connectivity index (χ2n) is 6.51. The van der Waals surface area contributed by atoms with E-state index in [1.54, 1.807) is 24.3 Å². The molecule has 152 valence electrons. The molecular weight excluding hydrogens is 402 g/mol. The smallest absolute Gasteiger partial charge is 0.298 e. The number of thioether (sulfide) groups is 1. The van der Waals surface area contributed by atoms with Gasteiger partial charge in [0.1, 0.15) is 0 Å². The fraction of sp³-hybridized carbons (Fsp3) is 0.130. The van der Waals surface area contributed by atoms with Gasteiger partial charge >= 0.3 is 0 Å². The molecule has 0 N–H and O–H groups in total. The lowest BCUT2D eigenvalue weighted by Crippen LogP contribution is -2.27. The minimum Gasteiger partial charge on any atom is -0.493 e. The molecule has 1 heterocycles. The molecule has 1 fully saturated rings. The number of benzene rings is 3. The molecule has 0 aliphatic carbocycles. The number of rotatable bonds is 5. The topological polar surface area (TPSA) is 65.1 Å². The Morgan fingerprint density at radius 2 is 1.50 bits per heavy atom. The van der Waals surface area contributed by atoms with E-state index in [2.05, 4.69) is 0 Å². The van der Waals surface area contributed by atoms with Crippen molar-refractivity contribution in [2.24, 2.45) is 0 Å². The molecular formula is C23H19NO5S. The van der Waals surface area contributed by atoms with Gasteiger partial charge in [-0.25, -0.2) is 4.90 Å². The molecule has 3 aromatic rings. The van der Waals surface area contributed by atoms with E-state index in [0.29, 0.717) is 33.4 Å². The standard InChI is InChI=1S/C23H19NO5S/c1-27-18-10-14(11-19(28-2)21(18)29-3)12-20-22(25)24(23(26)30-20)17-9-8-15-6-4-5-7-16(15)13-17/h4-13H,1-3H3/b20-12-. The molecule has 0 aromatic heterocycles. The van der Waals surface area contributed by atoms with Gasteiger partial charge in [0.25, 0.3) is 11.1 Å². The summed E-state index contributed by atoms with van der Waals surface area (Å²) in [6, 6.07) is 16.8. The zero-order chi connectivity index (χ0) is 21.3. The number of carbonyl (C=O) groups excluding carboxylic acids is 2. The Bertz CT molecular complexity index is 1160. The number of hydrogen-bond acceptors (Lipinski definition) is 6. The van der Waals surface area contributed by atoms with Crippen LogP contribution in [0.3, 0.4) is 0 Å². The van der Waals surface area contributed by atoms with Gasteiger partial charge in [-0.15, -0.1) is 0 Å². The summed E-state index contributed by atoms with van der Waals surface area (Å²) in [4.78, 5) is 27.2. The molecule has 0 spiro atoms. The van der Waals surface area contributed by atoms with Crippen molar-refractivity contribution < 1.29 is 23.8 Å². The van der Waals surface area contributed by atoms with Gasteiger partial charge < -0.3 is 14.2 Å². The third-order valence-corrected chi connectivity index (χ3v) is 5.64. The van der Waals surface area contributed by atoms with Gasteiger partial charge in [0.2, 0.25) is 5.75 Å². The van der Waals surface area contributed by atoms with Gasteiger partial charge in [0.15, 0.2) is 11.5 Å². The quantitative estimate of drug-likeness (QED) is 0.534. The van der Waals surface area contributed by atoms with Gasteiger partial charge in [-0.3, -0.25) is 9.59 Å². The molecule has 2 amide bonds. The first-order valence-corrected chi connectivity index (χ1v) is 9.94. The van der Waals surface area contributed by atoms with Crippen molar-refractivity contribution in [3.05, 3.63) is 65.1 Å². The van der Waals surface area contributed by atoms with Crippen LogP contribution in [0.2, 0.25) is 0 Å². The predicted octanol–water partition coefficient (Wildman–Crippen LogP) is 5.11. The average molecular weight is 421 g/mol. The first-order valence-electron chi connectivity index (χ1n) is 9.12. The van der Waals surface area contributed by atoms with E-state index >= 15 is 0 Å². The van der Waals surface area contributed by atoms with Crippen LogP contribution in [0.5, 0.6) is 17.2 Å². The summed E-state index contributed by atoms with van der Waals surface area (Å²) in [6.45, 7) is 0. The molecule has 0 bridgehead atoms. The van der Waals surface area contributed by atoms with E-state index < -0.39 is 0 Å². The third kappa shape index (κ3) is 3.48. The van der Waals surface area contributed by atoms with Crippen molar-refractivity contribution in [1.29, 1.82) is 0 Å². The van der Waals surface area contributed by atoms with Crippen molar-refractivity contribution in [1.82, 2.24) is 0 Å². The van der Waals surface area contributed by atoms with Gasteiger partial charge in [-0.1, -0.05) is 30.3 Å². The number of methoxy groups -OCH3 is 3. The fourth-order valence-electron chi connectivity index (χ4n) is 3.34. The van der Waals surface area contributed by atoms with Gasteiger partial charge in [-0.05, 0) is 58.4 Å². The normalized spacial score (nSPS) is 15.2. The largest absolute Gasteiger partial charge is 0.493 e. The molecule has 0 radical (unpaired) electrons. The number of imide groups is 1. The molecule has 4 rings (SSSR count). The van der Waals surface area contributed by atoms with Crippen LogP contribution in [0.4, 0.5) is 10.5 Å². The summed E-state index contributed by atoms with van der Waals surface area (Å²) in [6.07, 6.45) is 1.65. The van der Waals surface area contributed by atoms with Crippen LogP contribution in [-0.4, -0.2) is 32.5 Å². The van der Waals surface area contributed by atoms with Crippen LogP contribution in [0.25, 0.3) is 16.8 Å². The summed E-state index contributed by atoms with van der Waals surface area (Å²) >= 11 is 0.899. The second kappa shape index (κ2) is 8.12. The van der Waals surface area contributed by atoms with Gasteiger partial charge in [0.05, 0.1) is 31.9 Å². The third-order valence-electron chi connectivity index (χ3n) is 4.77. The van der Waals surface area contributed by atoms with Crippen molar-refractivity contribution in [2.45, 2.75) is 0 Å². The summed E-state index contributed by atoms with van der Waals surface area (Å²) in [5, 5.41) is 1.66. The Hall–Kier alpha value is -3.45. The van der Waals surface area contributed by atoms with E-state index in [1.165, 1.54) is 26.2 Å². The highest BCUT2D eigenvalue weighted by atomic mass is 32.2. The SMILES string of the molecule is COc1cc(/C=C2\SC(=O)N(c3ccc4ccccc4c3)C2=O)cc(OC)c1OC. The van der Waals surface area contributed by atoms with Crippen molar-refractivity contribution in [3.8, 4) is 17.2 Å². The maximum Gasteiger partial charge on any atom is 0.298 e. The van der Waals surface area contributed by atoms with E-state index in [1.807, 2.05) is 36.4 Å². The Labute approximate surface area is 178 Å². The van der Waals surface area contributed by atoms with E-state index in [9.17, 15) is 9.59 Å². The minimum absolute atomic E-state index is 0.322.